The molecule has 1 aliphatic rings. The molecule has 0 amide bonds. The summed E-state index contributed by atoms with van der Waals surface area (Å²) in [6.07, 6.45) is -4.56. The van der Waals surface area contributed by atoms with E-state index in [1.807, 2.05) is 0 Å². The van der Waals surface area contributed by atoms with E-state index in [0.29, 0.717) is 25.5 Å². The topological polar surface area (TPSA) is 21.7 Å². The first kappa shape index (κ1) is 18.7. The van der Waals surface area contributed by atoms with Crippen LogP contribution in [0.5, 0.6) is 5.75 Å². The third-order valence-corrected chi connectivity index (χ3v) is 4.33. The molecule has 0 bridgehead atoms. The third-order valence-electron chi connectivity index (χ3n) is 4.33. The SMILES string of the molecule is Cc1ccc(CN2CCOC[C@H](Oc3ccc(C(F)(F)F)cc3)C2)cc1. The zero-order valence-corrected chi connectivity index (χ0v) is 14.6. The molecule has 1 atom stereocenters. The van der Waals surface area contributed by atoms with Crippen LogP contribution >= 0.6 is 0 Å². The number of aryl methyl sites for hydroxylation is 1. The second kappa shape index (κ2) is 8.10. The predicted octanol–water partition coefficient (Wildman–Crippen LogP) is 4.29. The second-order valence-corrected chi connectivity index (χ2v) is 6.56. The van der Waals surface area contributed by atoms with E-state index in [1.165, 1.54) is 23.3 Å². The van der Waals surface area contributed by atoms with E-state index in [4.69, 9.17) is 9.47 Å². The van der Waals surface area contributed by atoms with Gasteiger partial charge in [0.15, 0.2) is 0 Å². The van der Waals surface area contributed by atoms with Crippen LogP contribution in [-0.4, -0.2) is 37.3 Å². The molecule has 1 fully saturated rings. The van der Waals surface area contributed by atoms with E-state index >= 15 is 0 Å². The Morgan fingerprint density at radius 3 is 2.42 bits per heavy atom. The first-order chi connectivity index (χ1) is 12.4. The van der Waals surface area contributed by atoms with Gasteiger partial charge in [-0.25, -0.2) is 0 Å². The van der Waals surface area contributed by atoms with Crippen molar-refractivity contribution in [1.82, 2.24) is 4.90 Å². The van der Waals surface area contributed by atoms with Gasteiger partial charge in [0.1, 0.15) is 11.9 Å². The van der Waals surface area contributed by atoms with Crippen LogP contribution in [0.3, 0.4) is 0 Å². The molecule has 0 spiro atoms. The molecule has 2 aromatic rings. The Labute approximate surface area is 151 Å². The quantitative estimate of drug-likeness (QED) is 0.807. The van der Waals surface area contributed by atoms with Crippen molar-refractivity contribution in [3.8, 4) is 5.75 Å². The molecule has 1 saturated heterocycles. The summed E-state index contributed by atoms with van der Waals surface area (Å²) < 4.78 is 49.4. The fraction of sp³-hybridized carbons (Fsp3) is 0.400. The molecule has 2 aromatic carbocycles. The zero-order valence-electron chi connectivity index (χ0n) is 14.6. The van der Waals surface area contributed by atoms with Gasteiger partial charge in [-0.15, -0.1) is 0 Å². The fourth-order valence-electron chi connectivity index (χ4n) is 2.92. The maximum absolute atomic E-state index is 12.6. The lowest BCUT2D eigenvalue weighted by Gasteiger charge is -2.24. The highest BCUT2D eigenvalue weighted by atomic mass is 19.4. The summed E-state index contributed by atoms with van der Waals surface area (Å²) in [6.45, 7) is 5.33. The summed E-state index contributed by atoms with van der Waals surface area (Å²) in [5.41, 5.74) is 1.75. The van der Waals surface area contributed by atoms with Gasteiger partial charge < -0.3 is 9.47 Å². The van der Waals surface area contributed by atoms with E-state index < -0.39 is 11.7 Å². The number of ether oxygens (including phenoxy) is 2. The standard InChI is InChI=1S/C20H22F3NO2/c1-15-2-4-16(5-3-15)12-24-10-11-25-14-19(13-24)26-18-8-6-17(7-9-18)20(21,22)23/h2-9,19H,10-14H2,1H3/t19-/m1/s1. The summed E-state index contributed by atoms with van der Waals surface area (Å²) in [4.78, 5) is 2.24. The van der Waals surface area contributed by atoms with Crippen molar-refractivity contribution in [2.75, 3.05) is 26.3 Å². The van der Waals surface area contributed by atoms with Gasteiger partial charge in [-0.1, -0.05) is 29.8 Å². The van der Waals surface area contributed by atoms with Crippen molar-refractivity contribution in [1.29, 1.82) is 0 Å². The van der Waals surface area contributed by atoms with Crippen LogP contribution in [0.4, 0.5) is 13.2 Å². The minimum absolute atomic E-state index is 0.223. The Morgan fingerprint density at radius 2 is 1.77 bits per heavy atom. The molecule has 140 valence electrons. The summed E-state index contributed by atoms with van der Waals surface area (Å²) in [5, 5.41) is 0. The highest BCUT2D eigenvalue weighted by Crippen LogP contribution is 2.30. The molecule has 0 aromatic heterocycles. The van der Waals surface area contributed by atoms with Crippen LogP contribution in [0.1, 0.15) is 16.7 Å². The number of alkyl halides is 3. The number of hydrogen-bond donors (Lipinski definition) is 0. The highest BCUT2D eigenvalue weighted by molar-refractivity contribution is 5.29. The van der Waals surface area contributed by atoms with E-state index in [9.17, 15) is 13.2 Å². The van der Waals surface area contributed by atoms with E-state index in [-0.39, 0.29) is 6.10 Å². The molecule has 1 aliphatic heterocycles. The Kier molecular flexibility index (Phi) is 5.84. The average molecular weight is 365 g/mol. The summed E-state index contributed by atoms with van der Waals surface area (Å²) in [5.74, 6) is 0.420. The molecule has 3 rings (SSSR count). The molecule has 0 unspecified atom stereocenters. The van der Waals surface area contributed by atoms with Gasteiger partial charge in [0.2, 0.25) is 0 Å². The monoisotopic (exact) mass is 365 g/mol. The number of rotatable bonds is 4. The van der Waals surface area contributed by atoms with Crippen LogP contribution in [0.25, 0.3) is 0 Å². The van der Waals surface area contributed by atoms with Crippen molar-refractivity contribution in [2.45, 2.75) is 25.7 Å². The molecular weight excluding hydrogens is 343 g/mol. The fourth-order valence-corrected chi connectivity index (χ4v) is 2.92. The van der Waals surface area contributed by atoms with E-state index in [0.717, 1.165) is 25.2 Å². The van der Waals surface area contributed by atoms with Gasteiger partial charge in [-0.2, -0.15) is 13.2 Å². The number of halogens is 3. The Bertz CT molecular complexity index is 698. The lowest BCUT2D eigenvalue weighted by molar-refractivity contribution is -0.137. The normalized spacial score (nSPS) is 19.2. The van der Waals surface area contributed by atoms with Crippen molar-refractivity contribution in [3.63, 3.8) is 0 Å². The number of nitrogens with zero attached hydrogens (tertiary/aromatic N) is 1. The van der Waals surface area contributed by atoms with Crippen LogP contribution in [0.15, 0.2) is 48.5 Å². The van der Waals surface area contributed by atoms with Gasteiger partial charge in [0, 0.05) is 19.6 Å². The van der Waals surface area contributed by atoms with Gasteiger partial charge in [-0.05, 0) is 36.8 Å². The molecule has 1 heterocycles. The number of hydrogen-bond acceptors (Lipinski definition) is 3. The smallest absolute Gasteiger partial charge is 0.416 e. The van der Waals surface area contributed by atoms with E-state index in [2.05, 4.69) is 36.1 Å². The van der Waals surface area contributed by atoms with Crippen LogP contribution in [-0.2, 0) is 17.5 Å². The van der Waals surface area contributed by atoms with Gasteiger partial charge in [0.05, 0.1) is 18.8 Å². The van der Waals surface area contributed by atoms with Gasteiger partial charge >= 0.3 is 6.18 Å². The average Bonchev–Trinajstić information content (AvgIpc) is 2.82. The first-order valence-electron chi connectivity index (χ1n) is 8.60. The zero-order chi connectivity index (χ0) is 18.6. The Hall–Kier alpha value is -2.05. The Morgan fingerprint density at radius 1 is 1.08 bits per heavy atom. The number of benzene rings is 2. The lowest BCUT2D eigenvalue weighted by Crippen LogP contribution is -2.35. The molecule has 0 N–H and O–H groups in total. The largest absolute Gasteiger partial charge is 0.487 e. The van der Waals surface area contributed by atoms with Crippen LogP contribution < -0.4 is 4.74 Å². The maximum Gasteiger partial charge on any atom is 0.416 e. The molecule has 3 nitrogen and oxygen atoms in total. The molecule has 0 saturated carbocycles. The van der Waals surface area contributed by atoms with Crippen molar-refractivity contribution in [3.05, 3.63) is 65.2 Å². The van der Waals surface area contributed by atoms with E-state index in [1.54, 1.807) is 0 Å². The Balaban J connectivity index is 1.61. The summed E-state index contributed by atoms with van der Waals surface area (Å²) >= 11 is 0. The summed E-state index contributed by atoms with van der Waals surface area (Å²) in [7, 11) is 0. The van der Waals surface area contributed by atoms with Gasteiger partial charge in [-0.3, -0.25) is 4.90 Å². The minimum atomic E-state index is -4.34. The first-order valence-corrected chi connectivity index (χ1v) is 8.60. The second-order valence-electron chi connectivity index (χ2n) is 6.56. The molecule has 26 heavy (non-hydrogen) atoms. The minimum Gasteiger partial charge on any atom is -0.487 e. The van der Waals surface area contributed by atoms with Crippen molar-refractivity contribution < 1.29 is 22.6 Å². The molecule has 0 radical (unpaired) electrons. The van der Waals surface area contributed by atoms with Crippen molar-refractivity contribution in [2.24, 2.45) is 0 Å². The molecule has 0 aliphatic carbocycles. The lowest BCUT2D eigenvalue weighted by atomic mass is 10.1. The summed E-state index contributed by atoms with van der Waals surface area (Å²) in [6, 6.07) is 13.2. The van der Waals surface area contributed by atoms with Gasteiger partial charge in [0.25, 0.3) is 0 Å². The van der Waals surface area contributed by atoms with Crippen LogP contribution in [0, 0.1) is 6.92 Å². The maximum atomic E-state index is 12.6. The predicted molar refractivity (Wildman–Crippen MR) is 93.1 cm³/mol. The molecular formula is C20H22F3NO2. The highest BCUT2D eigenvalue weighted by Gasteiger charge is 2.30. The molecule has 6 heteroatoms. The van der Waals surface area contributed by atoms with Crippen LogP contribution in [0.2, 0.25) is 0 Å². The third kappa shape index (κ3) is 5.22. The van der Waals surface area contributed by atoms with Crippen molar-refractivity contribution >= 4 is 0 Å².